The standard InChI is InChI=1S/C11H20N2O3S/c1-9(2)7-17(15,16)13-5-4-11(12-8-14)6-10(13)3/h9-11H,4-7H2,1-3H3. The molecule has 1 rings (SSSR count). The summed E-state index contributed by atoms with van der Waals surface area (Å²) in [6, 6.07) is -0.164. The molecule has 0 radical (unpaired) electrons. The monoisotopic (exact) mass is 260 g/mol. The van der Waals surface area contributed by atoms with Crippen LogP contribution in [0, 0.1) is 5.92 Å². The Morgan fingerprint density at radius 2 is 2.12 bits per heavy atom. The zero-order valence-corrected chi connectivity index (χ0v) is 11.4. The number of sulfonamides is 1. The number of rotatable bonds is 4. The van der Waals surface area contributed by atoms with Crippen LogP contribution in [0.1, 0.15) is 33.6 Å². The SMILES string of the molecule is CC(C)CS(=O)(=O)N1CCC(N=C=O)CC1C. The Bertz CT molecular complexity index is 399. The van der Waals surface area contributed by atoms with E-state index in [9.17, 15) is 13.2 Å². The van der Waals surface area contributed by atoms with Crippen LogP contribution >= 0.6 is 0 Å². The van der Waals surface area contributed by atoms with Gasteiger partial charge in [-0.05, 0) is 25.7 Å². The smallest absolute Gasteiger partial charge is 0.212 e. The number of nitrogens with zero attached hydrogens (tertiary/aromatic N) is 2. The number of carbonyl (C=O) groups excluding carboxylic acids is 1. The van der Waals surface area contributed by atoms with Gasteiger partial charge in [0, 0.05) is 12.6 Å². The van der Waals surface area contributed by atoms with Crippen LogP contribution in [0.3, 0.4) is 0 Å². The van der Waals surface area contributed by atoms with E-state index in [1.165, 1.54) is 0 Å². The normalized spacial score (nSPS) is 26.8. The van der Waals surface area contributed by atoms with E-state index in [0.29, 0.717) is 19.4 Å². The molecule has 5 nitrogen and oxygen atoms in total. The first-order valence-corrected chi connectivity index (χ1v) is 7.54. The number of hydrogen-bond donors (Lipinski definition) is 0. The third kappa shape index (κ3) is 3.91. The van der Waals surface area contributed by atoms with Gasteiger partial charge in [-0.15, -0.1) is 0 Å². The summed E-state index contributed by atoms with van der Waals surface area (Å²) < 4.78 is 25.7. The van der Waals surface area contributed by atoms with Crippen molar-refractivity contribution in [2.45, 2.75) is 45.7 Å². The van der Waals surface area contributed by atoms with Crippen molar-refractivity contribution < 1.29 is 13.2 Å². The molecule has 0 amide bonds. The highest BCUT2D eigenvalue weighted by molar-refractivity contribution is 7.89. The minimum atomic E-state index is -3.18. The van der Waals surface area contributed by atoms with Gasteiger partial charge < -0.3 is 0 Å². The molecule has 1 saturated heterocycles. The molecule has 2 unspecified atom stereocenters. The van der Waals surface area contributed by atoms with E-state index in [1.807, 2.05) is 20.8 Å². The Kier molecular flexibility index (Phi) is 4.86. The number of aliphatic imine (C=N–C) groups is 1. The maximum atomic E-state index is 12.1. The maximum Gasteiger partial charge on any atom is 0.235 e. The zero-order chi connectivity index (χ0) is 13.1. The lowest BCUT2D eigenvalue weighted by atomic mass is 10.0. The van der Waals surface area contributed by atoms with Gasteiger partial charge in [0.05, 0.1) is 11.8 Å². The highest BCUT2D eigenvalue weighted by Crippen LogP contribution is 2.23. The molecule has 0 spiro atoms. The highest BCUT2D eigenvalue weighted by Gasteiger charge is 2.33. The average molecular weight is 260 g/mol. The molecule has 1 heterocycles. The van der Waals surface area contributed by atoms with Crippen LogP contribution in [0.2, 0.25) is 0 Å². The van der Waals surface area contributed by atoms with Crippen LogP contribution in [0.25, 0.3) is 0 Å². The van der Waals surface area contributed by atoms with Crippen molar-refractivity contribution in [3.63, 3.8) is 0 Å². The molecule has 2 atom stereocenters. The van der Waals surface area contributed by atoms with Crippen molar-refractivity contribution in [2.75, 3.05) is 12.3 Å². The van der Waals surface area contributed by atoms with Gasteiger partial charge >= 0.3 is 0 Å². The zero-order valence-electron chi connectivity index (χ0n) is 10.6. The summed E-state index contributed by atoms with van der Waals surface area (Å²) in [5.41, 5.74) is 0. The number of isocyanates is 1. The van der Waals surface area contributed by atoms with Crippen molar-refractivity contribution in [3.8, 4) is 0 Å². The van der Waals surface area contributed by atoms with Crippen molar-refractivity contribution in [3.05, 3.63) is 0 Å². The summed E-state index contributed by atoms with van der Waals surface area (Å²) in [4.78, 5) is 13.9. The summed E-state index contributed by atoms with van der Waals surface area (Å²) >= 11 is 0. The first-order chi connectivity index (χ1) is 7.86. The van der Waals surface area contributed by atoms with E-state index in [1.54, 1.807) is 10.4 Å². The van der Waals surface area contributed by atoms with Gasteiger partial charge in [-0.25, -0.2) is 18.2 Å². The number of piperidine rings is 1. The van der Waals surface area contributed by atoms with Crippen molar-refractivity contribution in [2.24, 2.45) is 10.9 Å². The van der Waals surface area contributed by atoms with Crippen LogP contribution in [-0.4, -0.2) is 43.2 Å². The largest absolute Gasteiger partial charge is 0.235 e. The topological polar surface area (TPSA) is 66.8 Å². The fourth-order valence-corrected chi connectivity index (χ4v) is 4.30. The summed E-state index contributed by atoms with van der Waals surface area (Å²) in [6.07, 6.45) is 2.76. The van der Waals surface area contributed by atoms with Crippen LogP contribution in [0.4, 0.5) is 0 Å². The molecule has 0 N–H and O–H groups in total. The summed E-state index contributed by atoms with van der Waals surface area (Å²) in [6.45, 7) is 6.10. The lowest BCUT2D eigenvalue weighted by Crippen LogP contribution is -2.47. The fraction of sp³-hybridized carbons (Fsp3) is 0.909. The molecule has 1 aliphatic rings. The van der Waals surface area contributed by atoms with E-state index in [0.717, 1.165) is 0 Å². The molecule has 1 aliphatic heterocycles. The van der Waals surface area contributed by atoms with Crippen LogP contribution in [0.5, 0.6) is 0 Å². The van der Waals surface area contributed by atoms with E-state index in [-0.39, 0.29) is 23.8 Å². The van der Waals surface area contributed by atoms with Gasteiger partial charge in [0.2, 0.25) is 16.1 Å². The Morgan fingerprint density at radius 3 is 2.59 bits per heavy atom. The molecule has 6 heteroatoms. The van der Waals surface area contributed by atoms with Crippen molar-refractivity contribution >= 4 is 16.1 Å². The fourth-order valence-electron chi connectivity index (χ4n) is 2.25. The maximum absolute atomic E-state index is 12.1. The van der Waals surface area contributed by atoms with E-state index in [4.69, 9.17) is 0 Å². The first-order valence-electron chi connectivity index (χ1n) is 5.93. The molecule has 0 aliphatic carbocycles. The molecule has 0 saturated carbocycles. The molecular formula is C11H20N2O3S. The summed E-state index contributed by atoms with van der Waals surface area (Å²) in [5, 5.41) is 0. The summed E-state index contributed by atoms with van der Waals surface area (Å²) in [7, 11) is -3.18. The van der Waals surface area contributed by atoms with Gasteiger partial charge in [-0.2, -0.15) is 4.31 Å². The van der Waals surface area contributed by atoms with Crippen LogP contribution < -0.4 is 0 Å². The Hall–Kier alpha value is -0.710. The minimum absolute atomic E-state index is 0.0759. The lowest BCUT2D eigenvalue weighted by molar-refractivity contribution is 0.247. The Morgan fingerprint density at radius 1 is 1.47 bits per heavy atom. The molecule has 0 aromatic rings. The van der Waals surface area contributed by atoms with E-state index in [2.05, 4.69) is 4.99 Å². The third-order valence-electron chi connectivity index (χ3n) is 2.92. The van der Waals surface area contributed by atoms with Crippen LogP contribution in [-0.2, 0) is 14.8 Å². The predicted molar refractivity (Wildman–Crippen MR) is 65.9 cm³/mol. The lowest BCUT2D eigenvalue weighted by Gasteiger charge is -2.35. The molecule has 1 fully saturated rings. The van der Waals surface area contributed by atoms with Gasteiger partial charge in [0.15, 0.2) is 0 Å². The molecule has 0 aromatic heterocycles. The molecular weight excluding hydrogens is 240 g/mol. The molecule has 17 heavy (non-hydrogen) atoms. The van der Waals surface area contributed by atoms with E-state index < -0.39 is 10.0 Å². The molecule has 0 bridgehead atoms. The van der Waals surface area contributed by atoms with Gasteiger partial charge in [0.1, 0.15) is 0 Å². The summed E-state index contributed by atoms with van der Waals surface area (Å²) in [5.74, 6) is 0.303. The van der Waals surface area contributed by atoms with Crippen molar-refractivity contribution in [1.82, 2.24) is 4.31 Å². The van der Waals surface area contributed by atoms with Gasteiger partial charge in [-0.1, -0.05) is 13.8 Å². The highest BCUT2D eigenvalue weighted by atomic mass is 32.2. The second-order valence-corrected chi connectivity index (χ2v) is 7.00. The van der Waals surface area contributed by atoms with Crippen LogP contribution in [0.15, 0.2) is 4.99 Å². The predicted octanol–water partition coefficient (Wildman–Crippen LogP) is 1.16. The third-order valence-corrected chi connectivity index (χ3v) is 5.27. The quantitative estimate of drug-likeness (QED) is 0.562. The van der Waals surface area contributed by atoms with Gasteiger partial charge in [0.25, 0.3) is 0 Å². The van der Waals surface area contributed by atoms with E-state index >= 15 is 0 Å². The second kappa shape index (κ2) is 5.76. The van der Waals surface area contributed by atoms with Gasteiger partial charge in [-0.3, -0.25) is 0 Å². The Balaban J connectivity index is 2.72. The molecule has 98 valence electrons. The molecule has 0 aromatic carbocycles. The second-order valence-electron chi connectivity index (χ2n) is 5.03. The number of hydrogen-bond acceptors (Lipinski definition) is 4. The first kappa shape index (κ1) is 14.4. The average Bonchev–Trinajstić information content (AvgIpc) is 2.15. The van der Waals surface area contributed by atoms with Crippen molar-refractivity contribution in [1.29, 1.82) is 0 Å². The Labute approximate surface area is 103 Å². The minimum Gasteiger partial charge on any atom is -0.212 e.